The molecule has 0 aromatic heterocycles. The molecule has 126 valence electrons. The molecule has 1 aromatic carbocycles. The molecule has 2 amide bonds. The Bertz CT molecular complexity index is 583. The van der Waals surface area contributed by atoms with Gasteiger partial charge in [0, 0.05) is 37.1 Å². The Morgan fingerprint density at radius 3 is 2.83 bits per heavy atom. The summed E-state index contributed by atoms with van der Waals surface area (Å²) in [5.74, 6) is -0.863. The fourth-order valence-corrected chi connectivity index (χ4v) is 3.04. The van der Waals surface area contributed by atoms with E-state index in [9.17, 15) is 9.59 Å². The van der Waals surface area contributed by atoms with Crippen LogP contribution in [0.1, 0.15) is 19.3 Å². The van der Waals surface area contributed by atoms with Gasteiger partial charge in [-0.15, -0.1) is 0 Å². The van der Waals surface area contributed by atoms with Crippen molar-refractivity contribution in [2.45, 2.75) is 25.3 Å². The van der Waals surface area contributed by atoms with E-state index in [1.165, 1.54) is 0 Å². The number of rotatable bonds is 6. The van der Waals surface area contributed by atoms with E-state index in [4.69, 9.17) is 28.3 Å². The predicted molar refractivity (Wildman–Crippen MR) is 90.5 cm³/mol. The fourth-order valence-electron chi connectivity index (χ4n) is 2.51. The van der Waals surface area contributed by atoms with Crippen LogP contribution in [-0.4, -0.2) is 42.8 Å². The highest BCUT2D eigenvalue weighted by Crippen LogP contribution is 2.31. The maximum atomic E-state index is 11.8. The number of hydrogen-bond acceptors (Lipinski definition) is 3. The molecule has 0 spiro atoms. The van der Waals surface area contributed by atoms with Gasteiger partial charge in [0.05, 0.1) is 10.7 Å². The van der Waals surface area contributed by atoms with Crippen molar-refractivity contribution in [3.63, 3.8) is 0 Å². The van der Waals surface area contributed by atoms with Crippen LogP contribution < -0.4 is 15.5 Å². The summed E-state index contributed by atoms with van der Waals surface area (Å²) in [5, 5.41) is 15.3. The zero-order chi connectivity index (χ0) is 16.8. The van der Waals surface area contributed by atoms with Gasteiger partial charge in [0.15, 0.2) is 0 Å². The van der Waals surface area contributed by atoms with Gasteiger partial charge in [0.25, 0.3) is 0 Å². The van der Waals surface area contributed by atoms with Crippen LogP contribution in [0.5, 0.6) is 0 Å². The standard InChI is InChI=1S/C15H19Cl2N3O3/c16-10-3-4-13(12(17)8-10)20-7-5-11(9-20)19-15(23)18-6-1-2-14(21)22/h3-4,8,11H,1-2,5-7,9H2,(H,21,22)(H2,18,19,23). The second kappa shape index (κ2) is 8.26. The molecule has 1 fully saturated rings. The third kappa shape index (κ3) is 5.48. The molecule has 0 aliphatic carbocycles. The number of carbonyl (C=O) groups is 2. The number of carbonyl (C=O) groups excluding carboxylic acids is 1. The molecule has 8 heteroatoms. The summed E-state index contributed by atoms with van der Waals surface area (Å²) in [6, 6.07) is 5.12. The first kappa shape index (κ1) is 17.7. The Hall–Kier alpha value is -1.66. The average molecular weight is 360 g/mol. The lowest BCUT2D eigenvalue weighted by atomic mass is 10.2. The monoisotopic (exact) mass is 359 g/mol. The Morgan fingerprint density at radius 1 is 1.35 bits per heavy atom. The van der Waals surface area contributed by atoms with Crippen LogP contribution in [0.25, 0.3) is 0 Å². The van der Waals surface area contributed by atoms with E-state index >= 15 is 0 Å². The van der Waals surface area contributed by atoms with Gasteiger partial charge in [-0.25, -0.2) is 4.79 Å². The van der Waals surface area contributed by atoms with E-state index in [0.717, 1.165) is 18.7 Å². The van der Waals surface area contributed by atoms with Gasteiger partial charge in [0.2, 0.25) is 0 Å². The van der Waals surface area contributed by atoms with Crippen molar-refractivity contribution in [1.82, 2.24) is 10.6 Å². The Labute approximate surface area is 144 Å². The lowest BCUT2D eigenvalue weighted by Gasteiger charge is -2.20. The van der Waals surface area contributed by atoms with E-state index in [2.05, 4.69) is 15.5 Å². The molecule has 1 aliphatic heterocycles. The van der Waals surface area contributed by atoms with Crippen molar-refractivity contribution in [3.05, 3.63) is 28.2 Å². The largest absolute Gasteiger partial charge is 0.481 e. The van der Waals surface area contributed by atoms with Gasteiger partial charge in [-0.1, -0.05) is 23.2 Å². The van der Waals surface area contributed by atoms with Gasteiger partial charge in [-0.3, -0.25) is 4.79 Å². The summed E-state index contributed by atoms with van der Waals surface area (Å²) in [6.07, 6.45) is 1.29. The highest BCUT2D eigenvalue weighted by atomic mass is 35.5. The van der Waals surface area contributed by atoms with E-state index in [0.29, 0.717) is 29.6 Å². The Kier molecular flexibility index (Phi) is 6.36. The molecule has 1 atom stereocenters. The van der Waals surface area contributed by atoms with E-state index in [-0.39, 0.29) is 18.5 Å². The van der Waals surface area contributed by atoms with Crippen LogP contribution in [0.4, 0.5) is 10.5 Å². The lowest BCUT2D eigenvalue weighted by molar-refractivity contribution is -0.137. The highest BCUT2D eigenvalue weighted by Gasteiger charge is 2.25. The van der Waals surface area contributed by atoms with Crippen molar-refractivity contribution < 1.29 is 14.7 Å². The highest BCUT2D eigenvalue weighted by molar-refractivity contribution is 6.36. The van der Waals surface area contributed by atoms with Crippen LogP contribution in [0, 0.1) is 0 Å². The molecular weight excluding hydrogens is 341 g/mol. The zero-order valence-electron chi connectivity index (χ0n) is 12.5. The maximum absolute atomic E-state index is 11.8. The molecule has 0 saturated carbocycles. The van der Waals surface area contributed by atoms with Crippen molar-refractivity contribution in [3.8, 4) is 0 Å². The summed E-state index contributed by atoms with van der Waals surface area (Å²) >= 11 is 12.1. The number of hydrogen-bond donors (Lipinski definition) is 3. The maximum Gasteiger partial charge on any atom is 0.315 e. The first-order valence-corrected chi connectivity index (χ1v) is 8.17. The summed E-state index contributed by atoms with van der Waals surface area (Å²) < 4.78 is 0. The molecule has 3 N–H and O–H groups in total. The number of carboxylic acids is 1. The van der Waals surface area contributed by atoms with Crippen LogP contribution in [-0.2, 0) is 4.79 Å². The van der Waals surface area contributed by atoms with Gasteiger partial charge in [-0.2, -0.15) is 0 Å². The van der Waals surface area contributed by atoms with Crippen molar-refractivity contribution in [2.75, 3.05) is 24.5 Å². The first-order chi connectivity index (χ1) is 11.0. The molecule has 2 rings (SSSR count). The molecular formula is C15H19Cl2N3O3. The van der Waals surface area contributed by atoms with E-state index in [1.54, 1.807) is 12.1 Å². The second-order valence-corrected chi connectivity index (χ2v) is 6.27. The van der Waals surface area contributed by atoms with Crippen molar-refractivity contribution >= 4 is 40.9 Å². The van der Waals surface area contributed by atoms with Gasteiger partial charge in [0.1, 0.15) is 0 Å². The smallest absolute Gasteiger partial charge is 0.315 e. The quantitative estimate of drug-likeness (QED) is 0.682. The summed E-state index contributed by atoms with van der Waals surface area (Å²) in [5.41, 5.74) is 0.905. The van der Waals surface area contributed by atoms with Gasteiger partial charge >= 0.3 is 12.0 Å². The number of urea groups is 1. The molecule has 1 saturated heterocycles. The lowest BCUT2D eigenvalue weighted by Crippen LogP contribution is -2.43. The molecule has 0 radical (unpaired) electrons. The Morgan fingerprint density at radius 2 is 2.13 bits per heavy atom. The minimum atomic E-state index is -0.863. The van der Waals surface area contributed by atoms with Crippen LogP contribution >= 0.6 is 23.2 Å². The van der Waals surface area contributed by atoms with Crippen LogP contribution in [0.2, 0.25) is 10.0 Å². The van der Waals surface area contributed by atoms with E-state index < -0.39 is 5.97 Å². The molecule has 1 unspecified atom stereocenters. The Balaban J connectivity index is 1.76. The number of carboxylic acid groups (broad SMARTS) is 1. The van der Waals surface area contributed by atoms with Crippen LogP contribution in [0.15, 0.2) is 18.2 Å². The van der Waals surface area contributed by atoms with Crippen molar-refractivity contribution in [2.24, 2.45) is 0 Å². The molecule has 1 aliphatic rings. The van der Waals surface area contributed by atoms with Crippen LogP contribution in [0.3, 0.4) is 0 Å². The summed E-state index contributed by atoms with van der Waals surface area (Å²) in [7, 11) is 0. The molecule has 6 nitrogen and oxygen atoms in total. The average Bonchev–Trinajstić information content (AvgIpc) is 2.91. The molecule has 0 bridgehead atoms. The third-order valence-corrected chi connectivity index (χ3v) is 4.16. The molecule has 1 heterocycles. The van der Waals surface area contributed by atoms with Crippen molar-refractivity contribution in [1.29, 1.82) is 0 Å². The van der Waals surface area contributed by atoms with Gasteiger partial charge < -0.3 is 20.6 Å². The fraction of sp³-hybridized carbons (Fsp3) is 0.467. The third-order valence-electron chi connectivity index (χ3n) is 3.63. The zero-order valence-corrected chi connectivity index (χ0v) is 14.0. The first-order valence-electron chi connectivity index (χ1n) is 7.42. The SMILES string of the molecule is O=C(O)CCCNC(=O)NC1CCN(c2ccc(Cl)cc2Cl)C1. The topological polar surface area (TPSA) is 81.7 Å². The number of anilines is 1. The molecule has 23 heavy (non-hydrogen) atoms. The number of halogens is 2. The number of nitrogens with one attached hydrogen (secondary N) is 2. The normalized spacial score (nSPS) is 17.1. The summed E-state index contributed by atoms with van der Waals surface area (Å²) in [6.45, 7) is 1.81. The number of nitrogens with zero attached hydrogens (tertiary/aromatic N) is 1. The molecule has 1 aromatic rings. The second-order valence-electron chi connectivity index (χ2n) is 5.42. The number of amides is 2. The number of benzene rings is 1. The van der Waals surface area contributed by atoms with Gasteiger partial charge in [-0.05, 0) is 31.0 Å². The predicted octanol–water partition coefficient (Wildman–Crippen LogP) is 2.74. The summed E-state index contributed by atoms with van der Waals surface area (Å²) in [4.78, 5) is 24.3. The number of aliphatic carboxylic acids is 1. The minimum absolute atomic E-state index is 0.0289. The minimum Gasteiger partial charge on any atom is -0.481 e. The van der Waals surface area contributed by atoms with E-state index in [1.807, 2.05) is 6.07 Å².